The maximum atomic E-state index is 12.4. The number of hydrogen-bond acceptors (Lipinski definition) is 2. The fourth-order valence-corrected chi connectivity index (χ4v) is 3.02. The van der Waals surface area contributed by atoms with Crippen molar-refractivity contribution in [2.75, 3.05) is 26.2 Å². The number of amides is 1. The van der Waals surface area contributed by atoms with E-state index in [9.17, 15) is 4.79 Å². The Morgan fingerprint density at radius 2 is 1.86 bits per heavy atom. The number of hydrogen-bond donors (Lipinski definition) is 1. The van der Waals surface area contributed by atoms with E-state index in [4.69, 9.17) is 0 Å². The molecule has 0 spiro atoms. The van der Waals surface area contributed by atoms with E-state index in [2.05, 4.69) is 24.4 Å². The number of aryl methyl sites for hydroxylation is 1. The molecule has 1 heterocycles. The Morgan fingerprint density at radius 3 is 2.38 bits per heavy atom. The molecule has 1 aliphatic heterocycles. The fourth-order valence-electron chi connectivity index (χ4n) is 3.02. The zero-order valence-corrected chi connectivity index (χ0v) is 14.1. The minimum Gasteiger partial charge on any atom is -0.339 e. The summed E-state index contributed by atoms with van der Waals surface area (Å²) >= 11 is 0. The molecule has 3 nitrogen and oxygen atoms in total. The van der Waals surface area contributed by atoms with Crippen LogP contribution >= 0.6 is 12.4 Å². The zero-order valence-electron chi connectivity index (χ0n) is 13.3. The number of halogens is 1. The lowest BCUT2D eigenvalue weighted by Crippen LogP contribution is -2.31. The average molecular weight is 311 g/mol. The molecule has 1 aromatic rings. The Hall–Kier alpha value is -1.06. The average Bonchev–Trinajstić information content (AvgIpc) is 2.49. The summed E-state index contributed by atoms with van der Waals surface area (Å²) < 4.78 is 0. The normalized spacial score (nSPS) is 15.4. The van der Waals surface area contributed by atoms with Crippen molar-refractivity contribution in [3.8, 4) is 0 Å². The van der Waals surface area contributed by atoms with Gasteiger partial charge in [0.1, 0.15) is 0 Å². The summed E-state index contributed by atoms with van der Waals surface area (Å²) in [7, 11) is 0. The van der Waals surface area contributed by atoms with Gasteiger partial charge in [-0.2, -0.15) is 0 Å². The first-order chi connectivity index (χ1) is 9.67. The van der Waals surface area contributed by atoms with Crippen molar-refractivity contribution in [2.45, 2.75) is 39.5 Å². The number of benzene rings is 1. The third-order valence-electron chi connectivity index (χ3n) is 4.34. The lowest BCUT2D eigenvalue weighted by Gasteiger charge is -2.24. The number of carbonyl (C=O) groups excluding carboxylic acids is 1. The van der Waals surface area contributed by atoms with E-state index < -0.39 is 0 Å². The largest absolute Gasteiger partial charge is 0.339 e. The summed E-state index contributed by atoms with van der Waals surface area (Å²) in [6.07, 6.45) is 2.39. The van der Waals surface area contributed by atoms with Crippen LogP contribution in [-0.4, -0.2) is 37.0 Å². The quantitative estimate of drug-likeness (QED) is 0.925. The molecule has 2 rings (SSSR count). The van der Waals surface area contributed by atoms with Crippen LogP contribution in [0.25, 0.3) is 0 Å². The van der Waals surface area contributed by atoms with Crippen molar-refractivity contribution < 1.29 is 4.79 Å². The standard InChI is InChI=1S/C17H26N2O.ClH/c1-4-19(5-2)17(20)16-7-6-15(12-13(16)3)14-8-10-18-11-9-14;/h6-7,12,14,18H,4-5,8-11H2,1-3H3;1H. The molecule has 118 valence electrons. The predicted octanol–water partition coefficient (Wildman–Crippen LogP) is 3.37. The molecule has 0 aliphatic carbocycles. The van der Waals surface area contributed by atoms with Gasteiger partial charge in [0, 0.05) is 18.7 Å². The molecule has 21 heavy (non-hydrogen) atoms. The molecule has 1 aromatic carbocycles. The van der Waals surface area contributed by atoms with Crippen LogP contribution in [0, 0.1) is 6.92 Å². The smallest absolute Gasteiger partial charge is 0.254 e. The van der Waals surface area contributed by atoms with Gasteiger partial charge in [0.15, 0.2) is 0 Å². The molecule has 1 aliphatic rings. The molecule has 4 heteroatoms. The highest BCUT2D eigenvalue weighted by molar-refractivity contribution is 5.95. The van der Waals surface area contributed by atoms with E-state index in [1.807, 2.05) is 24.8 Å². The number of piperidine rings is 1. The molecule has 0 aromatic heterocycles. The Balaban J connectivity index is 0.00000220. The predicted molar refractivity (Wildman–Crippen MR) is 90.5 cm³/mol. The molecular weight excluding hydrogens is 284 g/mol. The monoisotopic (exact) mass is 310 g/mol. The highest BCUT2D eigenvalue weighted by atomic mass is 35.5. The fraction of sp³-hybridized carbons (Fsp3) is 0.588. The summed E-state index contributed by atoms with van der Waals surface area (Å²) in [5, 5.41) is 3.40. The van der Waals surface area contributed by atoms with E-state index in [0.29, 0.717) is 5.92 Å². The third kappa shape index (κ3) is 4.21. The highest BCUT2D eigenvalue weighted by Gasteiger charge is 2.18. The molecule has 1 fully saturated rings. The molecule has 1 amide bonds. The van der Waals surface area contributed by atoms with Crippen LogP contribution in [0.1, 0.15) is 54.1 Å². The molecule has 0 saturated carbocycles. The first-order valence-electron chi connectivity index (χ1n) is 7.77. The van der Waals surface area contributed by atoms with Gasteiger partial charge in [-0.25, -0.2) is 0 Å². The second kappa shape index (κ2) is 8.40. The number of nitrogens with zero attached hydrogens (tertiary/aromatic N) is 1. The van der Waals surface area contributed by atoms with Crippen LogP contribution in [0.5, 0.6) is 0 Å². The van der Waals surface area contributed by atoms with E-state index in [1.165, 1.54) is 18.4 Å². The Morgan fingerprint density at radius 1 is 1.24 bits per heavy atom. The molecular formula is C17H27ClN2O. The maximum absolute atomic E-state index is 12.4. The van der Waals surface area contributed by atoms with Gasteiger partial charge in [-0.05, 0) is 69.8 Å². The maximum Gasteiger partial charge on any atom is 0.254 e. The van der Waals surface area contributed by atoms with Crippen LogP contribution in [0.3, 0.4) is 0 Å². The van der Waals surface area contributed by atoms with E-state index in [1.54, 1.807) is 0 Å². The summed E-state index contributed by atoms with van der Waals surface area (Å²) in [5.41, 5.74) is 3.35. The van der Waals surface area contributed by atoms with Crippen molar-refractivity contribution in [3.05, 3.63) is 34.9 Å². The zero-order chi connectivity index (χ0) is 14.5. The Bertz CT molecular complexity index is 466. The van der Waals surface area contributed by atoms with Crippen molar-refractivity contribution in [3.63, 3.8) is 0 Å². The van der Waals surface area contributed by atoms with Crippen molar-refractivity contribution in [1.82, 2.24) is 10.2 Å². The number of rotatable bonds is 4. The number of nitrogens with one attached hydrogen (secondary N) is 1. The van der Waals surface area contributed by atoms with Crippen molar-refractivity contribution >= 4 is 18.3 Å². The second-order valence-corrected chi connectivity index (χ2v) is 5.58. The van der Waals surface area contributed by atoms with E-state index in [0.717, 1.165) is 37.3 Å². The minimum absolute atomic E-state index is 0. The number of carbonyl (C=O) groups is 1. The van der Waals surface area contributed by atoms with Gasteiger partial charge in [-0.1, -0.05) is 12.1 Å². The lowest BCUT2D eigenvalue weighted by molar-refractivity contribution is 0.0772. The van der Waals surface area contributed by atoms with Gasteiger partial charge >= 0.3 is 0 Å². The molecule has 1 N–H and O–H groups in total. The molecule has 0 unspecified atom stereocenters. The summed E-state index contributed by atoms with van der Waals surface area (Å²) in [6, 6.07) is 6.39. The summed E-state index contributed by atoms with van der Waals surface area (Å²) in [6.45, 7) is 9.85. The Kier molecular flexibility index (Phi) is 7.20. The van der Waals surface area contributed by atoms with Crippen molar-refractivity contribution in [1.29, 1.82) is 0 Å². The molecule has 0 bridgehead atoms. The summed E-state index contributed by atoms with van der Waals surface area (Å²) in [4.78, 5) is 14.3. The van der Waals surface area contributed by atoms with Gasteiger partial charge in [0.05, 0.1) is 0 Å². The van der Waals surface area contributed by atoms with Crippen LogP contribution < -0.4 is 5.32 Å². The lowest BCUT2D eigenvalue weighted by atomic mass is 9.88. The van der Waals surface area contributed by atoms with Gasteiger partial charge in [0.2, 0.25) is 0 Å². The van der Waals surface area contributed by atoms with Crippen molar-refractivity contribution in [2.24, 2.45) is 0 Å². The molecule has 0 radical (unpaired) electrons. The molecule has 0 atom stereocenters. The SMILES string of the molecule is CCN(CC)C(=O)c1ccc(C2CCNCC2)cc1C.Cl. The Labute approximate surface area is 134 Å². The topological polar surface area (TPSA) is 32.3 Å². The summed E-state index contributed by atoms with van der Waals surface area (Å²) in [5.74, 6) is 0.803. The van der Waals surface area contributed by atoms with Gasteiger partial charge in [-0.15, -0.1) is 12.4 Å². The first-order valence-corrected chi connectivity index (χ1v) is 7.77. The molecule has 1 saturated heterocycles. The van der Waals surface area contributed by atoms with Crippen LogP contribution in [0.15, 0.2) is 18.2 Å². The minimum atomic E-state index is 0. The second-order valence-electron chi connectivity index (χ2n) is 5.58. The highest BCUT2D eigenvalue weighted by Crippen LogP contribution is 2.27. The van der Waals surface area contributed by atoms with Gasteiger partial charge in [0.25, 0.3) is 5.91 Å². The van der Waals surface area contributed by atoms with Crippen LogP contribution in [-0.2, 0) is 0 Å². The van der Waals surface area contributed by atoms with Crippen LogP contribution in [0.4, 0.5) is 0 Å². The van der Waals surface area contributed by atoms with E-state index >= 15 is 0 Å². The van der Waals surface area contributed by atoms with Crippen LogP contribution in [0.2, 0.25) is 0 Å². The van der Waals surface area contributed by atoms with Gasteiger partial charge in [-0.3, -0.25) is 4.79 Å². The third-order valence-corrected chi connectivity index (χ3v) is 4.34. The van der Waals surface area contributed by atoms with Gasteiger partial charge < -0.3 is 10.2 Å². The first kappa shape index (κ1) is 18.0. The van der Waals surface area contributed by atoms with E-state index in [-0.39, 0.29) is 18.3 Å².